The maximum absolute atomic E-state index is 6.44. The molecule has 3 rings (SSSR count). The summed E-state index contributed by atoms with van der Waals surface area (Å²) < 4.78 is 0. The highest BCUT2D eigenvalue weighted by molar-refractivity contribution is 7.18. The number of rotatable bonds is 5. The van der Waals surface area contributed by atoms with Crippen LogP contribution in [0.4, 0.5) is 5.82 Å². The third-order valence-electron chi connectivity index (χ3n) is 3.34. The third-order valence-corrected chi connectivity index (χ3v) is 4.93. The number of anilines is 1. The minimum Gasteiger partial charge on any atom is -0.368 e. The van der Waals surface area contributed by atoms with Gasteiger partial charge in [-0.3, -0.25) is 0 Å². The average molecular weight is 318 g/mol. The number of fused-ring (bicyclic) bond motifs is 1. The lowest BCUT2D eigenvalue weighted by Gasteiger charge is -2.12. The van der Waals surface area contributed by atoms with Gasteiger partial charge in [0, 0.05) is 11.4 Å². The van der Waals surface area contributed by atoms with E-state index in [-0.39, 0.29) is 5.38 Å². The van der Waals surface area contributed by atoms with Gasteiger partial charge in [0.2, 0.25) is 0 Å². The van der Waals surface area contributed by atoms with Crippen LogP contribution in [0.25, 0.3) is 10.2 Å². The molecule has 3 aromatic rings. The quantitative estimate of drug-likeness (QED) is 0.696. The van der Waals surface area contributed by atoms with Crippen LogP contribution in [0.15, 0.2) is 42.7 Å². The maximum Gasteiger partial charge on any atom is 0.138 e. The number of aromatic nitrogens is 2. The number of halogens is 1. The Morgan fingerprint density at radius 2 is 2.05 bits per heavy atom. The van der Waals surface area contributed by atoms with Gasteiger partial charge in [0.05, 0.1) is 10.8 Å². The van der Waals surface area contributed by atoms with Gasteiger partial charge in [0.1, 0.15) is 17.0 Å². The van der Waals surface area contributed by atoms with Crippen LogP contribution in [0, 0.1) is 0 Å². The molecule has 1 atom stereocenters. The summed E-state index contributed by atoms with van der Waals surface area (Å²) in [6.07, 6.45) is 2.62. The molecule has 21 heavy (non-hydrogen) atoms. The van der Waals surface area contributed by atoms with Crippen molar-refractivity contribution in [1.29, 1.82) is 0 Å². The van der Waals surface area contributed by atoms with E-state index in [1.807, 2.05) is 30.3 Å². The Morgan fingerprint density at radius 3 is 2.81 bits per heavy atom. The van der Waals surface area contributed by atoms with Gasteiger partial charge < -0.3 is 5.32 Å². The second-order valence-corrected chi connectivity index (χ2v) is 6.41. The lowest BCUT2D eigenvalue weighted by atomic mass is 10.1. The van der Waals surface area contributed by atoms with Gasteiger partial charge in [-0.25, -0.2) is 9.97 Å². The van der Waals surface area contributed by atoms with Crippen molar-refractivity contribution in [3.63, 3.8) is 0 Å². The highest BCUT2D eigenvalue weighted by Crippen LogP contribution is 2.29. The smallest absolute Gasteiger partial charge is 0.138 e. The van der Waals surface area contributed by atoms with E-state index in [9.17, 15) is 0 Å². The van der Waals surface area contributed by atoms with Gasteiger partial charge >= 0.3 is 0 Å². The molecule has 1 unspecified atom stereocenters. The molecule has 0 saturated heterocycles. The molecule has 2 heterocycles. The third kappa shape index (κ3) is 3.17. The Bertz CT molecular complexity index is 727. The van der Waals surface area contributed by atoms with Gasteiger partial charge in [-0.2, -0.15) is 0 Å². The van der Waals surface area contributed by atoms with Crippen molar-refractivity contribution in [3.8, 4) is 0 Å². The van der Waals surface area contributed by atoms with Crippen LogP contribution >= 0.6 is 22.9 Å². The first kappa shape index (κ1) is 14.3. The van der Waals surface area contributed by atoms with Crippen LogP contribution in [-0.2, 0) is 6.42 Å². The highest BCUT2D eigenvalue weighted by atomic mass is 35.5. The fraction of sp³-hybridized carbons (Fsp3) is 0.250. The monoisotopic (exact) mass is 317 g/mol. The van der Waals surface area contributed by atoms with E-state index < -0.39 is 0 Å². The topological polar surface area (TPSA) is 37.8 Å². The lowest BCUT2D eigenvalue weighted by Crippen LogP contribution is -2.09. The molecule has 0 fully saturated rings. The van der Waals surface area contributed by atoms with Crippen molar-refractivity contribution in [3.05, 3.63) is 53.2 Å². The van der Waals surface area contributed by atoms with E-state index in [1.54, 1.807) is 17.7 Å². The molecule has 1 aromatic carbocycles. The predicted molar refractivity (Wildman–Crippen MR) is 90.3 cm³/mol. The van der Waals surface area contributed by atoms with Gasteiger partial charge in [-0.05, 0) is 18.1 Å². The van der Waals surface area contributed by atoms with Gasteiger partial charge in [0.25, 0.3) is 0 Å². The summed E-state index contributed by atoms with van der Waals surface area (Å²) in [6, 6.07) is 12.2. The zero-order valence-corrected chi connectivity index (χ0v) is 13.3. The second kappa shape index (κ2) is 6.41. The Kier molecular flexibility index (Phi) is 4.36. The average Bonchev–Trinajstić information content (AvgIpc) is 2.97. The molecule has 0 aliphatic rings. The highest BCUT2D eigenvalue weighted by Gasteiger charge is 2.11. The summed E-state index contributed by atoms with van der Waals surface area (Å²) >= 11 is 8.15. The van der Waals surface area contributed by atoms with Crippen molar-refractivity contribution in [2.45, 2.75) is 18.7 Å². The summed E-state index contributed by atoms with van der Waals surface area (Å²) in [6.45, 7) is 2.78. The molecule has 5 heteroatoms. The van der Waals surface area contributed by atoms with E-state index >= 15 is 0 Å². The number of hydrogen-bond donors (Lipinski definition) is 1. The lowest BCUT2D eigenvalue weighted by molar-refractivity contribution is 0.968. The molecule has 0 amide bonds. The molecule has 2 aromatic heterocycles. The fourth-order valence-electron chi connectivity index (χ4n) is 2.19. The van der Waals surface area contributed by atoms with Crippen LogP contribution in [0.5, 0.6) is 0 Å². The summed E-state index contributed by atoms with van der Waals surface area (Å²) in [4.78, 5) is 11.0. The van der Waals surface area contributed by atoms with Gasteiger partial charge in [-0.1, -0.05) is 37.3 Å². The summed E-state index contributed by atoms with van der Waals surface area (Å²) in [5.74, 6) is 0.859. The number of alkyl halides is 1. The number of nitrogens with zero attached hydrogens (tertiary/aromatic N) is 2. The Labute approximate surface area is 133 Å². The first-order valence-electron chi connectivity index (χ1n) is 6.94. The first-order valence-corrected chi connectivity index (χ1v) is 8.19. The zero-order chi connectivity index (χ0) is 14.7. The molecule has 3 nitrogen and oxygen atoms in total. The normalized spacial score (nSPS) is 12.5. The van der Waals surface area contributed by atoms with Crippen molar-refractivity contribution in [2.75, 3.05) is 11.9 Å². The Balaban J connectivity index is 1.77. The van der Waals surface area contributed by atoms with Gasteiger partial charge in [-0.15, -0.1) is 22.9 Å². The van der Waals surface area contributed by atoms with Crippen molar-refractivity contribution >= 4 is 39.0 Å². The van der Waals surface area contributed by atoms with E-state index in [0.29, 0.717) is 6.54 Å². The number of hydrogen-bond acceptors (Lipinski definition) is 4. The standard InChI is InChI=1S/C16H16ClN3S/c1-2-12-8-13-15(19-10-20-16(13)21-12)18-9-14(17)11-6-4-3-5-7-11/h3-8,10,14H,2,9H2,1H3,(H,18,19,20). The molecular formula is C16H16ClN3S. The van der Waals surface area contributed by atoms with Gasteiger partial charge in [0.15, 0.2) is 0 Å². The van der Waals surface area contributed by atoms with Crippen molar-refractivity contribution in [1.82, 2.24) is 9.97 Å². The molecule has 0 bridgehead atoms. The number of aryl methyl sites for hydroxylation is 1. The Hall–Kier alpha value is -1.65. The van der Waals surface area contributed by atoms with Crippen LogP contribution < -0.4 is 5.32 Å². The van der Waals surface area contributed by atoms with Crippen molar-refractivity contribution in [2.24, 2.45) is 0 Å². The van der Waals surface area contributed by atoms with E-state index in [2.05, 4.69) is 28.3 Å². The molecule has 0 aliphatic carbocycles. The minimum absolute atomic E-state index is 0.0829. The number of nitrogens with one attached hydrogen (secondary N) is 1. The summed E-state index contributed by atoms with van der Waals surface area (Å²) in [5, 5.41) is 4.34. The van der Waals surface area contributed by atoms with Crippen LogP contribution in [-0.4, -0.2) is 16.5 Å². The van der Waals surface area contributed by atoms with Crippen LogP contribution in [0.2, 0.25) is 0 Å². The van der Waals surface area contributed by atoms with Crippen molar-refractivity contribution < 1.29 is 0 Å². The van der Waals surface area contributed by atoms with E-state index in [1.165, 1.54) is 4.88 Å². The number of benzene rings is 1. The fourth-order valence-corrected chi connectivity index (χ4v) is 3.34. The molecule has 0 spiro atoms. The first-order chi connectivity index (χ1) is 10.3. The molecule has 1 N–H and O–H groups in total. The SMILES string of the molecule is CCc1cc2c(NCC(Cl)c3ccccc3)ncnc2s1. The molecule has 108 valence electrons. The largest absolute Gasteiger partial charge is 0.368 e. The van der Waals surface area contributed by atoms with Crippen LogP contribution in [0.1, 0.15) is 22.7 Å². The maximum atomic E-state index is 6.44. The predicted octanol–water partition coefficient (Wildman–Crippen LogP) is 4.65. The zero-order valence-electron chi connectivity index (χ0n) is 11.7. The van der Waals surface area contributed by atoms with Crippen LogP contribution in [0.3, 0.4) is 0 Å². The second-order valence-electron chi connectivity index (χ2n) is 4.77. The summed E-state index contributed by atoms with van der Waals surface area (Å²) in [5.41, 5.74) is 1.11. The minimum atomic E-state index is -0.0829. The molecule has 0 saturated carbocycles. The summed E-state index contributed by atoms with van der Waals surface area (Å²) in [7, 11) is 0. The molecule has 0 aliphatic heterocycles. The van der Waals surface area contributed by atoms with E-state index in [4.69, 9.17) is 11.6 Å². The molecule has 0 radical (unpaired) electrons. The Morgan fingerprint density at radius 1 is 1.24 bits per heavy atom. The van der Waals surface area contributed by atoms with E-state index in [0.717, 1.165) is 28.0 Å². The number of thiophene rings is 1. The molecular weight excluding hydrogens is 302 g/mol.